The van der Waals surface area contributed by atoms with Crippen LogP contribution in [0.15, 0.2) is 48.5 Å². The van der Waals surface area contributed by atoms with Crippen molar-refractivity contribution in [2.45, 2.75) is 13.8 Å². The first-order chi connectivity index (χ1) is 11.6. The number of carbonyl (C=O) groups excluding carboxylic acids is 2. The number of benzene rings is 2. The predicted octanol–water partition coefficient (Wildman–Crippen LogP) is 3.44. The molecule has 0 heterocycles. The second-order valence-corrected chi connectivity index (χ2v) is 4.85. The van der Waals surface area contributed by atoms with Gasteiger partial charge in [0.1, 0.15) is 0 Å². The molecule has 0 aromatic heterocycles. The molecule has 2 aromatic rings. The molecular weight excluding hydrogens is 304 g/mol. The minimum Gasteiger partial charge on any atom is -0.462 e. The summed E-state index contributed by atoms with van der Waals surface area (Å²) < 4.78 is 9.86. The zero-order chi connectivity index (χ0) is 17.4. The van der Waals surface area contributed by atoms with Gasteiger partial charge in [-0.3, -0.25) is 0 Å². The average molecular weight is 322 g/mol. The van der Waals surface area contributed by atoms with Gasteiger partial charge < -0.3 is 9.47 Å². The van der Waals surface area contributed by atoms with Gasteiger partial charge in [0.25, 0.3) is 0 Å². The summed E-state index contributed by atoms with van der Waals surface area (Å²) >= 11 is 0. The summed E-state index contributed by atoms with van der Waals surface area (Å²) in [6.07, 6.45) is 0. The lowest BCUT2D eigenvalue weighted by Gasteiger charge is -2.01. The molecule has 0 fully saturated rings. The summed E-state index contributed by atoms with van der Waals surface area (Å²) in [4.78, 5) is 23.1. The van der Waals surface area contributed by atoms with Gasteiger partial charge in [-0.1, -0.05) is 11.8 Å². The molecule has 0 saturated heterocycles. The van der Waals surface area contributed by atoms with E-state index in [1.165, 1.54) is 0 Å². The van der Waals surface area contributed by atoms with E-state index in [1.54, 1.807) is 62.4 Å². The molecule has 0 atom stereocenters. The Morgan fingerprint density at radius 1 is 0.708 bits per heavy atom. The molecule has 0 aliphatic rings. The Labute approximate surface area is 141 Å². The third kappa shape index (κ3) is 4.72. The maximum absolute atomic E-state index is 11.6. The van der Waals surface area contributed by atoms with E-state index in [4.69, 9.17) is 9.47 Å². The highest BCUT2D eigenvalue weighted by molar-refractivity contribution is 5.90. The standard InChI is InChI=1S/C20H18O4/c1-3-23-19(21)17-11-7-15(8-12-17)5-6-16-9-13-18(14-10-16)20(22)24-4-2/h7-14H,3-4H2,1-2H3. The molecule has 4 nitrogen and oxygen atoms in total. The van der Waals surface area contributed by atoms with E-state index in [0.717, 1.165) is 11.1 Å². The molecule has 122 valence electrons. The Bertz CT molecular complexity index is 697. The summed E-state index contributed by atoms with van der Waals surface area (Å²) in [7, 11) is 0. The molecular formula is C20H18O4. The zero-order valence-corrected chi connectivity index (χ0v) is 13.7. The average Bonchev–Trinajstić information content (AvgIpc) is 2.61. The Kier molecular flexibility index (Phi) is 6.16. The monoisotopic (exact) mass is 322 g/mol. The molecule has 2 rings (SSSR count). The lowest BCUT2D eigenvalue weighted by atomic mass is 10.1. The molecule has 0 aliphatic carbocycles. The van der Waals surface area contributed by atoms with Gasteiger partial charge in [-0.25, -0.2) is 9.59 Å². The number of hydrogen-bond donors (Lipinski definition) is 0. The van der Waals surface area contributed by atoms with Gasteiger partial charge in [-0.15, -0.1) is 0 Å². The normalized spacial score (nSPS) is 9.58. The van der Waals surface area contributed by atoms with Crippen LogP contribution in [0.4, 0.5) is 0 Å². The van der Waals surface area contributed by atoms with Crippen LogP contribution in [0, 0.1) is 11.8 Å². The smallest absolute Gasteiger partial charge is 0.338 e. The summed E-state index contributed by atoms with van der Waals surface area (Å²) in [6, 6.07) is 13.8. The summed E-state index contributed by atoms with van der Waals surface area (Å²) in [5, 5.41) is 0. The van der Waals surface area contributed by atoms with E-state index in [2.05, 4.69) is 11.8 Å². The predicted molar refractivity (Wildman–Crippen MR) is 90.8 cm³/mol. The van der Waals surface area contributed by atoms with Crippen molar-refractivity contribution in [3.05, 3.63) is 70.8 Å². The van der Waals surface area contributed by atoms with Crippen molar-refractivity contribution in [3.8, 4) is 11.8 Å². The Hall–Kier alpha value is -3.06. The molecule has 0 bridgehead atoms. The summed E-state index contributed by atoms with van der Waals surface area (Å²) in [6.45, 7) is 4.24. The van der Waals surface area contributed by atoms with Crippen LogP contribution in [0.1, 0.15) is 45.7 Å². The van der Waals surface area contributed by atoms with Crippen LogP contribution in [0.25, 0.3) is 0 Å². The highest BCUT2D eigenvalue weighted by Gasteiger charge is 2.05. The lowest BCUT2D eigenvalue weighted by molar-refractivity contribution is 0.0516. The van der Waals surface area contributed by atoms with Crippen LogP contribution >= 0.6 is 0 Å². The molecule has 24 heavy (non-hydrogen) atoms. The van der Waals surface area contributed by atoms with Gasteiger partial charge in [0.15, 0.2) is 0 Å². The van der Waals surface area contributed by atoms with E-state index in [-0.39, 0.29) is 11.9 Å². The largest absolute Gasteiger partial charge is 0.462 e. The molecule has 2 aromatic carbocycles. The van der Waals surface area contributed by atoms with Crippen molar-refractivity contribution in [1.82, 2.24) is 0 Å². The van der Waals surface area contributed by atoms with Crippen LogP contribution in [0.5, 0.6) is 0 Å². The fourth-order valence-corrected chi connectivity index (χ4v) is 1.95. The van der Waals surface area contributed by atoms with Crippen molar-refractivity contribution in [1.29, 1.82) is 0 Å². The highest BCUT2D eigenvalue weighted by atomic mass is 16.5. The van der Waals surface area contributed by atoms with E-state index in [0.29, 0.717) is 24.3 Å². The van der Waals surface area contributed by atoms with Crippen molar-refractivity contribution in [3.63, 3.8) is 0 Å². The van der Waals surface area contributed by atoms with E-state index in [1.807, 2.05) is 0 Å². The minimum atomic E-state index is -0.341. The van der Waals surface area contributed by atoms with E-state index in [9.17, 15) is 9.59 Å². The van der Waals surface area contributed by atoms with Gasteiger partial charge in [0, 0.05) is 11.1 Å². The first-order valence-corrected chi connectivity index (χ1v) is 7.70. The van der Waals surface area contributed by atoms with E-state index >= 15 is 0 Å². The molecule has 0 N–H and O–H groups in total. The molecule has 0 unspecified atom stereocenters. The number of carbonyl (C=O) groups is 2. The Morgan fingerprint density at radius 3 is 1.33 bits per heavy atom. The third-order valence-corrected chi connectivity index (χ3v) is 3.14. The van der Waals surface area contributed by atoms with Crippen molar-refractivity contribution < 1.29 is 19.1 Å². The lowest BCUT2D eigenvalue weighted by Crippen LogP contribution is -2.04. The topological polar surface area (TPSA) is 52.6 Å². The second-order valence-electron chi connectivity index (χ2n) is 4.85. The first kappa shape index (κ1) is 17.3. The number of ether oxygens (including phenoxy) is 2. The van der Waals surface area contributed by atoms with Crippen LogP contribution < -0.4 is 0 Å². The van der Waals surface area contributed by atoms with Crippen molar-refractivity contribution >= 4 is 11.9 Å². The zero-order valence-electron chi connectivity index (χ0n) is 13.7. The molecule has 4 heteroatoms. The van der Waals surface area contributed by atoms with Crippen LogP contribution in [0.2, 0.25) is 0 Å². The van der Waals surface area contributed by atoms with E-state index < -0.39 is 0 Å². The summed E-state index contributed by atoms with van der Waals surface area (Å²) in [5.41, 5.74) is 2.58. The molecule has 0 amide bonds. The number of rotatable bonds is 4. The van der Waals surface area contributed by atoms with Gasteiger partial charge in [-0.2, -0.15) is 0 Å². The molecule has 0 radical (unpaired) electrons. The summed E-state index contributed by atoms with van der Waals surface area (Å²) in [5.74, 6) is 5.35. The second kappa shape index (κ2) is 8.54. The molecule has 0 spiro atoms. The van der Waals surface area contributed by atoms with Crippen molar-refractivity contribution in [2.24, 2.45) is 0 Å². The Morgan fingerprint density at radius 2 is 1.04 bits per heavy atom. The van der Waals surface area contributed by atoms with Crippen molar-refractivity contribution in [2.75, 3.05) is 13.2 Å². The number of hydrogen-bond acceptors (Lipinski definition) is 4. The fraction of sp³-hybridized carbons (Fsp3) is 0.200. The van der Waals surface area contributed by atoms with Crippen LogP contribution in [-0.2, 0) is 9.47 Å². The minimum absolute atomic E-state index is 0.341. The quantitative estimate of drug-likeness (QED) is 0.639. The van der Waals surface area contributed by atoms with Gasteiger partial charge in [-0.05, 0) is 62.4 Å². The highest BCUT2D eigenvalue weighted by Crippen LogP contribution is 2.07. The Balaban J connectivity index is 2.07. The first-order valence-electron chi connectivity index (χ1n) is 7.70. The van der Waals surface area contributed by atoms with Gasteiger partial charge >= 0.3 is 11.9 Å². The van der Waals surface area contributed by atoms with Crippen LogP contribution in [-0.4, -0.2) is 25.2 Å². The fourth-order valence-electron chi connectivity index (χ4n) is 1.95. The number of esters is 2. The maximum atomic E-state index is 11.6. The third-order valence-electron chi connectivity index (χ3n) is 3.14. The molecule has 0 saturated carbocycles. The van der Waals surface area contributed by atoms with Crippen LogP contribution in [0.3, 0.4) is 0 Å². The molecule has 0 aliphatic heterocycles. The SMILES string of the molecule is CCOC(=O)c1ccc(C#Cc2ccc(C(=O)OCC)cc2)cc1. The van der Waals surface area contributed by atoms with Gasteiger partial charge in [0.05, 0.1) is 24.3 Å². The maximum Gasteiger partial charge on any atom is 0.338 e. The van der Waals surface area contributed by atoms with Gasteiger partial charge in [0.2, 0.25) is 0 Å².